The Hall–Kier alpha value is -3.69. The minimum atomic E-state index is -5.13. The van der Waals surface area contributed by atoms with Crippen LogP contribution in [-0.4, -0.2) is 31.5 Å². The third-order valence-electron chi connectivity index (χ3n) is 5.36. The van der Waals surface area contributed by atoms with Crippen molar-refractivity contribution in [1.82, 2.24) is 14.8 Å². The number of hydrogen-bond donors (Lipinski definition) is 2. The van der Waals surface area contributed by atoms with Crippen LogP contribution in [-0.2, 0) is 17.5 Å². The molecule has 1 saturated carbocycles. The fourth-order valence-electron chi connectivity index (χ4n) is 3.68. The summed E-state index contributed by atoms with van der Waals surface area (Å²) in [6.45, 7) is 0.142. The normalized spacial score (nSPS) is 14.0. The third-order valence-corrected chi connectivity index (χ3v) is 6.46. The molecule has 186 valence electrons. The summed E-state index contributed by atoms with van der Waals surface area (Å²) >= 11 is 0.694. The molecule has 2 amide bonds. The number of halogens is 5. The van der Waals surface area contributed by atoms with Crippen molar-refractivity contribution in [3.05, 3.63) is 43.7 Å². The summed E-state index contributed by atoms with van der Waals surface area (Å²) in [5, 5.41) is 16.9. The summed E-state index contributed by atoms with van der Waals surface area (Å²) in [5.74, 6) is -2.05. The molecule has 16 heteroatoms. The van der Waals surface area contributed by atoms with E-state index in [1.54, 1.807) is 0 Å². The van der Waals surface area contributed by atoms with E-state index in [1.807, 2.05) is 0 Å². The van der Waals surface area contributed by atoms with Gasteiger partial charge >= 0.3 is 11.9 Å². The quantitative estimate of drug-likeness (QED) is 0.271. The molecule has 1 fully saturated rings. The van der Waals surface area contributed by atoms with Crippen molar-refractivity contribution in [3.63, 3.8) is 0 Å². The van der Waals surface area contributed by atoms with Gasteiger partial charge in [-0.15, -0.1) is 11.3 Å². The lowest BCUT2D eigenvalue weighted by atomic mass is 10.0. The molecular formula is C19H15F5N6O4S. The van der Waals surface area contributed by atoms with Crippen LogP contribution in [0.15, 0.2) is 6.07 Å². The van der Waals surface area contributed by atoms with Crippen LogP contribution < -0.4 is 11.1 Å². The average Bonchev–Trinajstić information content (AvgIpc) is 3.44. The highest BCUT2D eigenvalue weighted by molar-refractivity contribution is 7.21. The van der Waals surface area contributed by atoms with E-state index in [2.05, 4.69) is 15.4 Å². The number of aromatic nitrogens is 3. The van der Waals surface area contributed by atoms with Gasteiger partial charge in [-0.2, -0.15) is 18.3 Å². The van der Waals surface area contributed by atoms with Gasteiger partial charge in [0, 0.05) is 5.39 Å². The zero-order valence-corrected chi connectivity index (χ0v) is 18.5. The first-order valence-electron chi connectivity index (χ1n) is 9.93. The SMILES string of the molecule is Cc1c([N+](=O)[O-])c(C(F)(F)F)nn1CC(=O)Nc1c(C(N)=O)sc2nc(C(F)F)cc(C3CC3)c12. The van der Waals surface area contributed by atoms with Gasteiger partial charge in [-0.1, -0.05) is 0 Å². The van der Waals surface area contributed by atoms with Crippen LogP contribution >= 0.6 is 11.3 Å². The molecule has 0 radical (unpaired) electrons. The Morgan fingerprint density at radius 3 is 2.51 bits per heavy atom. The number of nitrogens with one attached hydrogen (secondary N) is 1. The van der Waals surface area contributed by atoms with Crippen LogP contribution in [0, 0.1) is 17.0 Å². The van der Waals surface area contributed by atoms with Gasteiger partial charge in [0.2, 0.25) is 11.6 Å². The number of rotatable bonds is 7. The van der Waals surface area contributed by atoms with Crippen molar-refractivity contribution in [3.8, 4) is 0 Å². The number of pyridine rings is 1. The number of primary amides is 1. The number of fused-ring (bicyclic) bond motifs is 1. The highest BCUT2D eigenvalue weighted by atomic mass is 32.1. The van der Waals surface area contributed by atoms with Crippen LogP contribution in [0.5, 0.6) is 0 Å². The van der Waals surface area contributed by atoms with Crippen LogP contribution in [0.2, 0.25) is 0 Å². The van der Waals surface area contributed by atoms with Gasteiger partial charge in [-0.05, 0) is 37.3 Å². The van der Waals surface area contributed by atoms with Gasteiger partial charge < -0.3 is 11.1 Å². The van der Waals surface area contributed by atoms with E-state index in [0.29, 0.717) is 34.4 Å². The van der Waals surface area contributed by atoms with Crippen molar-refractivity contribution in [2.24, 2.45) is 5.73 Å². The molecule has 3 aromatic rings. The maximum absolute atomic E-state index is 13.3. The fraction of sp³-hybridized carbons (Fsp3) is 0.368. The lowest BCUT2D eigenvalue weighted by molar-refractivity contribution is -0.388. The third kappa shape index (κ3) is 4.52. The number of nitro groups is 1. The van der Waals surface area contributed by atoms with Crippen molar-refractivity contribution in [2.75, 3.05) is 5.32 Å². The fourth-order valence-corrected chi connectivity index (χ4v) is 4.70. The first-order chi connectivity index (χ1) is 16.3. The van der Waals surface area contributed by atoms with Gasteiger partial charge in [0.1, 0.15) is 27.6 Å². The number of carbonyl (C=O) groups is 2. The molecule has 4 rings (SSSR count). The molecule has 1 aliphatic carbocycles. The minimum absolute atomic E-state index is 0.0408. The largest absolute Gasteiger partial charge is 0.442 e. The smallest absolute Gasteiger partial charge is 0.365 e. The average molecular weight is 518 g/mol. The van der Waals surface area contributed by atoms with Gasteiger partial charge in [0.25, 0.3) is 12.3 Å². The van der Waals surface area contributed by atoms with Gasteiger partial charge in [0.15, 0.2) is 0 Å². The number of thiophene rings is 1. The second-order valence-corrected chi connectivity index (χ2v) is 8.80. The summed E-state index contributed by atoms with van der Waals surface area (Å²) in [7, 11) is 0. The summed E-state index contributed by atoms with van der Waals surface area (Å²) < 4.78 is 66.7. The number of carbonyl (C=O) groups excluding carboxylic acids is 2. The molecule has 0 unspecified atom stereocenters. The lowest BCUT2D eigenvalue weighted by Crippen LogP contribution is -2.22. The van der Waals surface area contributed by atoms with E-state index >= 15 is 0 Å². The molecule has 0 aromatic carbocycles. The molecule has 0 spiro atoms. The highest BCUT2D eigenvalue weighted by Gasteiger charge is 2.44. The Kier molecular flexibility index (Phi) is 5.94. The van der Waals surface area contributed by atoms with Gasteiger partial charge in [-0.25, -0.2) is 13.8 Å². The molecule has 0 aliphatic heterocycles. The van der Waals surface area contributed by atoms with Gasteiger partial charge in [0.05, 0.1) is 10.6 Å². The molecule has 0 atom stereocenters. The van der Waals surface area contributed by atoms with Crippen molar-refractivity contribution >= 4 is 44.7 Å². The zero-order chi connectivity index (χ0) is 25.8. The van der Waals surface area contributed by atoms with Crippen molar-refractivity contribution in [2.45, 2.75) is 44.8 Å². The predicted molar refractivity (Wildman–Crippen MR) is 112 cm³/mol. The number of anilines is 1. The van der Waals surface area contributed by atoms with E-state index in [0.717, 1.165) is 6.92 Å². The van der Waals surface area contributed by atoms with Crippen molar-refractivity contribution in [1.29, 1.82) is 0 Å². The summed E-state index contributed by atoms with van der Waals surface area (Å²) in [6.07, 6.45) is -6.64. The highest BCUT2D eigenvalue weighted by Crippen LogP contribution is 2.48. The first-order valence-corrected chi connectivity index (χ1v) is 10.7. The summed E-state index contributed by atoms with van der Waals surface area (Å²) in [4.78, 5) is 38.4. The Morgan fingerprint density at radius 1 is 1.37 bits per heavy atom. The van der Waals surface area contributed by atoms with Crippen LogP contribution in [0.1, 0.15) is 57.5 Å². The molecule has 3 heterocycles. The topological polar surface area (TPSA) is 146 Å². The lowest BCUT2D eigenvalue weighted by Gasteiger charge is -2.10. The molecule has 35 heavy (non-hydrogen) atoms. The minimum Gasteiger partial charge on any atom is -0.365 e. The molecule has 3 aromatic heterocycles. The summed E-state index contributed by atoms with van der Waals surface area (Å²) in [5.41, 5.74) is 1.68. The maximum atomic E-state index is 13.3. The second-order valence-electron chi connectivity index (χ2n) is 7.81. The first kappa shape index (κ1) is 24.4. The van der Waals surface area contributed by atoms with E-state index in [9.17, 15) is 41.7 Å². The van der Waals surface area contributed by atoms with Crippen LogP contribution in [0.25, 0.3) is 10.2 Å². The number of nitrogens with zero attached hydrogens (tertiary/aromatic N) is 4. The monoisotopic (exact) mass is 518 g/mol. The molecule has 3 N–H and O–H groups in total. The number of amides is 2. The standard InChI is InChI=1S/C19H15F5N6O4S/c1-6-13(30(33)34)15(19(22,23)24)28-29(6)5-10(31)27-12-11-8(7-2-3-7)4-9(16(20)21)26-18(11)35-14(12)17(25)32/h4,7,16H,2-3,5H2,1H3,(H2,25,32)(H,27,31). The Bertz CT molecular complexity index is 1380. The predicted octanol–water partition coefficient (Wildman–Crippen LogP) is 4.28. The number of alkyl halides is 5. The van der Waals surface area contributed by atoms with E-state index in [-0.39, 0.29) is 26.7 Å². The Morgan fingerprint density at radius 2 is 2.03 bits per heavy atom. The van der Waals surface area contributed by atoms with E-state index < -0.39 is 58.7 Å². The molecule has 0 bridgehead atoms. The van der Waals surface area contributed by atoms with Crippen molar-refractivity contribution < 1.29 is 36.5 Å². The Labute approximate surface area is 196 Å². The van der Waals surface area contributed by atoms with Crippen LogP contribution in [0.4, 0.5) is 33.3 Å². The zero-order valence-electron chi connectivity index (χ0n) is 17.7. The van der Waals surface area contributed by atoms with Crippen LogP contribution in [0.3, 0.4) is 0 Å². The van der Waals surface area contributed by atoms with E-state index in [1.165, 1.54) is 6.07 Å². The number of hydrogen-bond acceptors (Lipinski definition) is 7. The summed E-state index contributed by atoms with van der Waals surface area (Å²) in [6, 6.07) is 1.19. The number of nitrogens with two attached hydrogens (primary N) is 1. The molecular weight excluding hydrogens is 503 g/mol. The van der Waals surface area contributed by atoms with E-state index in [4.69, 9.17) is 5.73 Å². The molecule has 0 saturated heterocycles. The Balaban J connectivity index is 1.75. The molecule has 10 nitrogen and oxygen atoms in total. The van der Waals surface area contributed by atoms with Gasteiger partial charge in [-0.3, -0.25) is 24.4 Å². The second kappa shape index (κ2) is 8.51. The maximum Gasteiger partial charge on any atom is 0.442 e. The molecule has 1 aliphatic rings.